The molecule has 194 valence electrons. The van der Waals surface area contributed by atoms with Crippen LogP contribution >= 0.6 is 11.6 Å². The molecule has 1 aliphatic heterocycles. The quantitative estimate of drug-likeness (QED) is 0.506. The number of halogens is 1. The van der Waals surface area contributed by atoms with Crippen LogP contribution in [0.5, 0.6) is 0 Å². The number of esters is 1. The predicted octanol–water partition coefficient (Wildman–Crippen LogP) is 5.22. The largest absolute Gasteiger partial charge is 0.465 e. The number of aromatic nitrogens is 1. The van der Waals surface area contributed by atoms with Gasteiger partial charge in [0.25, 0.3) is 5.91 Å². The zero-order valence-electron chi connectivity index (χ0n) is 21.3. The smallest absolute Gasteiger partial charge is 0.410 e. The number of nitrogens with zero attached hydrogens (tertiary/aromatic N) is 2. The summed E-state index contributed by atoms with van der Waals surface area (Å²) in [5.74, 6) is -0.271. The Bertz CT molecular complexity index is 1090. The molecule has 0 saturated carbocycles. The highest BCUT2D eigenvalue weighted by Gasteiger charge is 2.30. The van der Waals surface area contributed by atoms with Crippen molar-refractivity contribution in [2.45, 2.75) is 52.2 Å². The molecule has 2 aromatic rings. The second-order valence-corrected chi connectivity index (χ2v) is 10.2. The fourth-order valence-corrected chi connectivity index (χ4v) is 4.12. The number of piperidine rings is 1. The molecule has 1 saturated heterocycles. The minimum absolute atomic E-state index is 0.0288. The SMILES string of the molecule is COC(=O)c1ccc(C(=O)Nc2ccc(Cl)cn2)c(NC(C)C2CCN(C(=O)OC(C)(C)C)CC2)c1. The Kier molecular flexibility index (Phi) is 8.79. The first-order valence-corrected chi connectivity index (χ1v) is 12.2. The number of methoxy groups -OCH3 is 1. The van der Waals surface area contributed by atoms with E-state index < -0.39 is 11.6 Å². The molecule has 2 amide bonds. The van der Waals surface area contributed by atoms with E-state index in [1.165, 1.54) is 13.3 Å². The molecule has 10 heteroatoms. The second-order valence-electron chi connectivity index (χ2n) is 9.81. The van der Waals surface area contributed by atoms with Crippen molar-refractivity contribution < 1.29 is 23.9 Å². The third-order valence-corrected chi connectivity index (χ3v) is 6.16. The highest BCUT2D eigenvalue weighted by Crippen LogP contribution is 2.27. The molecular formula is C26H33ClN4O5. The van der Waals surface area contributed by atoms with E-state index in [1.54, 1.807) is 35.2 Å². The minimum Gasteiger partial charge on any atom is -0.465 e. The highest BCUT2D eigenvalue weighted by atomic mass is 35.5. The van der Waals surface area contributed by atoms with E-state index in [2.05, 4.69) is 15.6 Å². The highest BCUT2D eigenvalue weighted by molar-refractivity contribution is 6.30. The van der Waals surface area contributed by atoms with Gasteiger partial charge in [-0.3, -0.25) is 4.79 Å². The molecule has 1 aliphatic rings. The lowest BCUT2D eigenvalue weighted by Gasteiger charge is -2.36. The number of anilines is 2. The van der Waals surface area contributed by atoms with Gasteiger partial charge in [-0.1, -0.05) is 11.6 Å². The molecule has 3 rings (SSSR count). The van der Waals surface area contributed by atoms with Crippen molar-refractivity contribution in [2.75, 3.05) is 30.8 Å². The number of pyridine rings is 1. The summed E-state index contributed by atoms with van der Waals surface area (Å²) in [6, 6.07) is 7.96. The maximum Gasteiger partial charge on any atom is 0.410 e. The first kappa shape index (κ1) is 27.3. The summed E-state index contributed by atoms with van der Waals surface area (Å²) in [6.45, 7) is 8.75. The molecule has 0 spiro atoms. The summed E-state index contributed by atoms with van der Waals surface area (Å²) >= 11 is 5.88. The number of hydrogen-bond donors (Lipinski definition) is 2. The predicted molar refractivity (Wildman–Crippen MR) is 139 cm³/mol. The average molecular weight is 517 g/mol. The van der Waals surface area contributed by atoms with Gasteiger partial charge in [-0.2, -0.15) is 0 Å². The van der Waals surface area contributed by atoms with E-state index in [-0.39, 0.29) is 24.0 Å². The number of hydrogen-bond acceptors (Lipinski definition) is 7. The first-order chi connectivity index (χ1) is 17.0. The Morgan fingerprint density at radius 2 is 1.83 bits per heavy atom. The fourth-order valence-electron chi connectivity index (χ4n) is 4.01. The van der Waals surface area contributed by atoms with Gasteiger partial charge < -0.3 is 25.0 Å². The molecule has 0 radical (unpaired) electrons. The number of carbonyl (C=O) groups is 3. The van der Waals surface area contributed by atoms with Gasteiger partial charge in [0.15, 0.2) is 0 Å². The molecule has 1 atom stereocenters. The van der Waals surface area contributed by atoms with E-state index in [9.17, 15) is 14.4 Å². The van der Waals surface area contributed by atoms with Gasteiger partial charge in [-0.15, -0.1) is 0 Å². The van der Waals surface area contributed by atoms with E-state index in [0.29, 0.717) is 40.7 Å². The van der Waals surface area contributed by atoms with Gasteiger partial charge in [-0.05, 0) is 76.8 Å². The van der Waals surface area contributed by atoms with E-state index >= 15 is 0 Å². The summed E-state index contributed by atoms with van der Waals surface area (Å²) in [5.41, 5.74) is 0.656. The Hall–Kier alpha value is -3.33. The number of likely N-dealkylation sites (tertiary alicyclic amines) is 1. The third-order valence-electron chi connectivity index (χ3n) is 5.94. The normalized spacial score (nSPS) is 15.1. The summed E-state index contributed by atoms with van der Waals surface area (Å²) in [4.78, 5) is 43.4. The molecular weight excluding hydrogens is 484 g/mol. The molecule has 1 aromatic carbocycles. The summed E-state index contributed by atoms with van der Waals surface area (Å²) in [7, 11) is 1.31. The van der Waals surface area contributed by atoms with E-state index in [1.807, 2.05) is 27.7 Å². The van der Waals surface area contributed by atoms with Crippen molar-refractivity contribution in [3.8, 4) is 0 Å². The summed E-state index contributed by atoms with van der Waals surface area (Å²) in [5, 5.41) is 6.63. The molecule has 1 fully saturated rings. The van der Waals surface area contributed by atoms with Crippen LogP contribution in [0.15, 0.2) is 36.5 Å². The third kappa shape index (κ3) is 7.34. The number of benzene rings is 1. The zero-order chi connectivity index (χ0) is 26.5. The summed E-state index contributed by atoms with van der Waals surface area (Å²) < 4.78 is 10.3. The van der Waals surface area contributed by atoms with Crippen LogP contribution in [0.4, 0.5) is 16.3 Å². The lowest BCUT2D eigenvalue weighted by atomic mass is 9.90. The van der Waals surface area contributed by atoms with Crippen LogP contribution in [0.25, 0.3) is 0 Å². The molecule has 1 aromatic heterocycles. The van der Waals surface area contributed by atoms with Crippen molar-refractivity contribution in [1.29, 1.82) is 0 Å². The monoisotopic (exact) mass is 516 g/mol. The number of carbonyl (C=O) groups excluding carboxylic acids is 3. The topological polar surface area (TPSA) is 110 Å². The van der Waals surface area contributed by atoms with Crippen molar-refractivity contribution in [1.82, 2.24) is 9.88 Å². The molecule has 0 aliphatic carbocycles. The standard InChI is InChI=1S/C26H33ClN4O5/c1-16(17-10-12-31(13-11-17)25(34)36-26(2,3)4)29-21-14-18(24(33)35-5)6-8-20(21)23(32)30-22-9-7-19(27)15-28-22/h6-9,14-17,29H,10-13H2,1-5H3,(H,28,30,32). The van der Waals surface area contributed by atoms with Gasteiger partial charge in [0.2, 0.25) is 0 Å². The Labute approximate surface area is 216 Å². The number of ether oxygens (including phenoxy) is 2. The average Bonchev–Trinajstić information content (AvgIpc) is 2.83. The van der Waals surface area contributed by atoms with E-state index in [0.717, 1.165) is 12.8 Å². The van der Waals surface area contributed by atoms with Gasteiger partial charge in [0.05, 0.1) is 23.3 Å². The molecule has 9 nitrogen and oxygen atoms in total. The number of amides is 2. The molecule has 1 unspecified atom stereocenters. The van der Waals surface area contributed by atoms with Gasteiger partial charge in [-0.25, -0.2) is 14.6 Å². The van der Waals surface area contributed by atoms with Crippen LogP contribution in [-0.2, 0) is 9.47 Å². The van der Waals surface area contributed by atoms with Crippen molar-refractivity contribution in [3.05, 3.63) is 52.7 Å². The van der Waals surface area contributed by atoms with Crippen molar-refractivity contribution >= 4 is 41.1 Å². The summed E-state index contributed by atoms with van der Waals surface area (Å²) in [6.07, 6.45) is 2.70. The first-order valence-electron chi connectivity index (χ1n) is 11.9. The van der Waals surface area contributed by atoms with Gasteiger partial charge in [0.1, 0.15) is 11.4 Å². The Morgan fingerprint density at radius 3 is 2.42 bits per heavy atom. The van der Waals surface area contributed by atoms with Crippen molar-refractivity contribution in [3.63, 3.8) is 0 Å². The van der Waals surface area contributed by atoms with Crippen LogP contribution < -0.4 is 10.6 Å². The molecule has 36 heavy (non-hydrogen) atoms. The number of nitrogens with one attached hydrogen (secondary N) is 2. The molecule has 0 bridgehead atoms. The second kappa shape index (κ2) is 11.6. The van der Waals surface area contributed by atoms with Crippen LogP contribution in [0.2, 0.25) is 5.02 Å². The fraction of sp³-hybridized carbons (Fsp3) is 0.462. The zero-order valence-corrected chi connectivity index (χ0v) is 22.0. The Balaban J connectivity index is 1.73. The van der Waals surface area contributed by atoms with Crippen LogP contribution in [0.1, 0.15) is 61.3 Å². The molecule has 2 N–H and O–H groups in total. The number of rotatable bonds is 6. The van der Waals surface area contributed by atoms with Crippen LogP contribution in [-0.4, -0.2) is 59.7 Å². The molecule has 2 heterocycles. The van der Waals surface area contributed by atoms with Crippen molar-refractivity contribution in [2.24, 2.45) is 5.92 Å². The lowest BCUT2D eigenvalue weighted by molar-refractivity contribution is 0.0178. The lowest BCUT2D eigenvalue weighted by Crippen LogP contribution is -2.44. The van der Waals surface area contributed by atoms with Gasteiger partial charge >= 0.3 is 12.1 Å². The maximum absolute atomic E-state index is 13.1. The minimum atomic E-state index is -0.536. The van der Waals surface area contributed by atoms with E-state index in [4.69, 9.17) is 21.1 Å². The van der Waals surface area contributed by atoms with Crippen LogP contribution in [0, 0.1) is 5.92 Å². The van der Waals surface area contributed by atoms with Gasteiger partial charge in [0, 0.05) is 31.0 Å². The Morgan fingerprint density at radius 1 is 1.14 bits per heavy atom. The van der Waals surface area contributed by atoms with Crippen LogP contribution in [0.3, 0.4) is 0 Å². The maximum atomic E-state index is 13.1.